The number of sulfonamides is 1. The van der Waals surface area contributed by atoms with Crippen molar-refractivity contribution in [2.75, 3.05) is 39.5 Å². The summed E-state index contributed by atoms with van der Waals surface area (Å²) in [5, 5.41) is 0. The maximum atomic E-state index is 12.7. The van der Waals surface area contributed by atoms with Gasteiger partial charge in [0.2, 0.25) is 10.0 Å². The van der Waals surface area contributed by atoms with E-state index in [1.807, 2.05) is 6.92 Å². The van der Waals surface area contributed by atoms with Gasteiger partial charge in [0.25, 0.3) is 0 Å². The molecular weight excluding hydrogens is 286 g/mol. The quantitative estimate of drug-likeness (QED) is 0.857. The van der Waals surface area contributed by atoms with Crippen molar-refractivity contribution in [1.29, 1.82) is 0 Å². The van der Waals surface area contributed by atoms with Crippen LogP contribution in [-0.4, -0.2) is 51.4 Å². The summed E-state index contributed by atoms with van der Waals surface area (Å²) in [7, 11) is 0.637. The largest absolute Gasteiger partial charge is 0.398 e. The number of hydrogen-bond acceptors (Lipinski definition) is 4. The van der Waals surface area contributed by atoms with Crippen LogP contribution in [0.4, 0.5) is 5.69 Å². The molecule has 0 aromatic heterocycles. The van der Waals surface area contributed by atoms with Crippen molar-refractivity contribution in [3.05, 3.63) is 23.8 Å². The first-order valence-electron chi connectivity index (χ1n) is 7.31. The molecule has 5 nitrogen and oxygen atoms in total. The Kier molecular flexibility index (Phi) is 4.91. The van der Waals surface area contributed by atoms with Gasteiger partial charge in [0, 0.05) is 19.6 Å². The number of hydrogen-bond donors (Lipinski definition) is 1. The zero-order chi connectivity index (χ0) is 15.6. The van der Waals surface area contributed by atoms with Crippen LogP contribution in [0.25, 0.3) is 0 Å². The van der Waals surface area contributed by atoms with Crippen LogP contribution in [-0.2, 0) is 10.0 Å². The summed E-state index contributed by atoms with van der Waals surface area (Å²) >= 11 is 0. The molecule has 1 fully saturated rings. The zero-order valence-electron chi connectivity index (χ0n) is 13.0. The number of nitrogens with zero attached hydrogens (tertiary/aromatic N) is 2. The molecule has 0 radical (unpaired) electrons. The molecule has 2 N–H and O–H groups in total. The topological polar surface area (TPSA) is 66.6 Å². The van der Waals surface area contributed by atoms with Crippen LogP contribution in [0.2, 0.25) is 0 Å². The van der Waals surface area contributed by atoms with E-state index in [9.17, 15) is 8.42 Å². The van der Waals surface area contributed by atoms with E-state index in [0.29, 0.717) is 24.7 Å². The lowest BCUT2D eigenvalue weighted by molar-refractivity contribution is 0.225. The minimum absolute atomic E-state index is 0.235. The Bertz CT molecular complexity index is 591. The molecule has 21 heavy (non-hydrogen) atoms. The van der Waals surface area contributed by atoms with Crippen LogP contribution in [0.3, 0.4) is 0 Å². The molecule has 1 aromatic carbocycles. The number of nitrogens with two attached hydrogens (primary N) is 1. The van der Waals surface area contributed by atoms with E-state index >= 15 is 0 Å². The van der Waals surface area contributed by atoms with E-state index in [-0.39, 0.29) is 4.90 Å². The zero-order valence-corrected chi connectivity index (χ0v) is 13.9. The minimum atomic E-state index is -3.47. The molecule has 1 aromatic rings. The van der Waals surface area contributed by atoms with E-state index in [0.717, 1.165) is 24.9 Å². The maximum absolute atomic E-state index is 12.7. The third-order valence-corrected chi connectivity index (χ3v) is 5.95. The highest BCUT2D eigenvalue weighted by Crippen LogP contribution is 2.27. The molecule has 1 saturated heterocycles. The van der Waals surface area contributed by atoms with Crippen molar-refractivity contribution in [2.45, 2.75) is 24.7 Å². The molecule has 2 rings (SSSR count). The Hall–Kier alpha value is -1.11. The number of piperidine rings is 1. The van der Waals surface area contributed by atoms with Crippen molar-refractivity contribution in [3.8, 4) is 0 Å². The Morgan fingerprint density at radius 2 is 1.90 bits per heavy atom. The average Bonchev–Trinajstić information content (AvgIpc) is 2.38. The van der Waals surface area contributed by atoms with Gasteiger partial charge in [-0.3, -0.25) is 0 Å². The fourth-order valence-electron chi connectivity index (χ4n) is 2.89. The van der Waals surface area contributed by atoms with Gasteiger partial charge in [-0.05, 0) is 57.5 Å². The summed E-state index contributed by atoms with van der Waals surface area (Å²) in [6, 6.07) is 5.12. The second-order valence-corrected chi connectivity index (χ2v) is 8.06. The van der Waals surface area contributed by atoms with Crippen molar-refractivity contribution < 1.29 is 8.42 Å². The van der Waals surface area contributed by atoms with Crippen molar-refractivity contribution in [2.24, 2.45) is 5.92 Å². The van der Waals surface area contributed by atoms with Gasteiger partial charge in [0.15, 0.2) is 0 Å². The van der Waals surface area contributed by atoms with Gasteiger partial charge in [-0.25, -0.2) is 8.42 Å². The van der Waals surface area contributed by atoms with Gasteiger partial charge in [-0.1, -0.05) is 6.07 Å². The third-order valence-electron chi connectivity index (χ3n) is 3.98. The van der Waals surface area contributed by atoms with Crippen molar-refractivity contribution in [1.82, 2.24) is 9.21 Å². The normalized spacial score (nSPS) is 18.3. The van der Waals surface area contributed by atoms with Crippen LogP contribution in [0, 0.1) is 12.8 Å². The number of rotatable bonds is 4. The molecular formula is C15H25N3O2S. The molecule has 0 spiro atoms. The molecule has 1 aliphatic heterocycles. The minimum Gasteiger partial charge on any atom is -0.398 e. The molecule has 0 aliphatic carbocycles. The highest BCUT2D eigenvalue weighted by molar-refractivity contribution is 7.89. The first-order chi connectivity index (χ1) is 9.80. The van der Waals surface area contributed by atoms with E-state index in [1.54, 1.807) is 22.5 Å². The summed E-state index contributed by atoms with van der Waals surface area (Å²) in [5.74, 6) is 0.571. The van der Waals surface area contributed by atoms with Crippen LogP contribution in [0.15, 0.2) is 23.1 Å². The molecule has 0 unspecified atom stereocenters. The lowest BCUT2D eigenvalue weighted by Gasteiger charge is -2.32. The SMILES string of the molecule is Cc1ccc(S(=O)(=O)N2CCC(CN(C)C)CC2)c(N)c1. The monoisotopic (exact) mass is 311 g/mol. The van der Waals surface area contributed by atoms with Crippen molar-refractivity contribution in [3.63, 3.8) is 0 Å². The highest BCUT2D eigenvalue weighted by Gasteiger charge is 2.30. The number of nitrogen functional groups attached to an aromatic ring is 1. The predicted molar refractivity (Wildman–Crippen MR) is 85.6 cm³/mol. The van der Waals surface area contributed by atoms with Crippen LogP contribution < -0.4 is 5.73 Å². The van der Waals surface area contributed by atoms with Crippen LogP contribution >= 0.6 is 0 Å². The summed E-state index contributed by atoms with van der Waals surface area (Å²) in [6.45, 7) is 4.07. The highest BCUT2D eigenvalue weighted by atomic mass is 32.2. The van der Waals surface area contributed by atoms with Crippen molar-refractivity contribution >= 4 is 15.7 Å². The molecule has 1 aliphatic rings. The second kappa shape index (κ2) is 6.34. The fraction of sp³-hybridized carbons (Fsp3) is 0.600. The van der Waals surface area contributed by atoms with Crippen LogP contribution in [0.1, 0.15) is 18.4 Å². The molecule has 0 bridgehead atoms. The maximum Gasteiger partial charge on any atom is 0.245 e. The predicted octanol–water partition coefficient (Wildman–Crippen LogP) is 1.54. The Morgan fingerprint density at radius 1 is 1.29 bits per heavy atom. The van der Waals surface area contributed by atoms with Gasteiger partial charge in [-0.2, -0.15) is 4.31 Å². The van der Waals surface area contributed by atoms with E-state index in [4.69, 9.17) is 5.73 Å². The van der Waals surface area contributed by atoms with Gasteiger partial charge in [0.1, 0.15) is 4.90 Å². The van der Waals surface area contributed by atoms with Gasteiger partial charge < -0.3 is 10.6 Å². The first kappa shape index (κ1) is 16.3. The first-order valence-corrected chi connectivity index (χ1v) is 8.75. The summed E-state index contributed by atoms with van der Waals surface area (Å²) in [5.41, 5.74) is 7.20. The molecule has 0 atom stereocenters. The van der Waals surface area contributed by atoms with E-state index in [2.05, 4.69) is 19.0 Å². The summed E-state index contributed by atoms with van der Waals surface area (Å²) in [4.78, 5) is 2.39. The number of aryl methyl sites for hydroxylation is 1. The molecule has 118 valence electrons. The third kappa shape index (κ3) is 3.75. The molecule has 0 saturated carbocycles. The van der Waals surface area contributed by atoms with Gasteiger partial charge >= 0.3 is 0 Å². The van der Waals surface area contributed by atoms with Gasteiger partial charge in [0.05, 0.1) is 5.69 Å². The van der Waals surface area contributed by atoms with Gasteiger partial charge in [-0.15, -0.1) is 0 Å². The lowest BCUT2D eigenvalue weighted by atomic mass is 9.98. The lowest BCUT2D eigenvalue weighted by Crippen LogP contribution is -2.40. The number of benzene rings is 1. The molecule has 0 amide bonds. The standard InChI is InChI=1S/C15H25N3O2S/c1-12-4-5-15(14(16)10-12)21(19,20)18-8-6-13(7-9-18)11-17(2)3/h4-5,10,13H,6-9,11,16H2,1-3H3. The Balaban J connectivity index is 2.11. The smallest absolute Gasteiger partial charge is 0.245 e. The Morgan fingerprint density at radius 3 is 2.43 bits per heavy atom. The molecule has 6 heteroatoms. The Labute approximate surface area is 127 Å². The van der Waals surface area contributed by atoms with E-state index < -0.39 is 10.0 Å². The van der Waals surface area contributed by atoms with Crippen LogP contribution in [0.5, 0.6) is 0 Å². The fourth-order valence-corrected chi connectivity index (χ4v) is 4.46. The molecule has 1 heterocycles. The second-order valence-electron chi connectivity index (χ2n) is 6.15. The number of anilines is 1. The average molecular weight is 311 g/mol. The van der Waals surface area contributed by atoms with E-state index in [1.165, 1.54) is 0 Å². The summed E-state index contributed by atoms with van der Waals surface area (Å²) in [6.07, 6.45) is 1.81. The summed E-state index contributed by atoms with van der Waals surface area (Å²) < 4.78 is 26.9.